The highest BCUT2D eigenvalue weighted by molar-refractivity contribution is 5.50. The summed E-state index contributed by atoms with van der Waals surface area (Å²) in [6.07, 6.45) is 8.20. The van der Waals surface area contributed by atoms with Crippen molar-refractivity contribution in [3.8, 4) is 11.6 Å². The Hall–Kier alpha value is -1.69. The lowest BCUT2D eigenvalue weighted by molar-refractivity contribution is 0.0807. The molecule has 0 atom stereocenters. The lowest BCUT2D eigenvalue weighted by Crippen LogP contribution is -2.14. The average molecular weight is 289 g/mol. The van der Waals surface area contributed by atoms with Crippen LogP contribution in [-0.4, -0.2) is 28.3 Å². The van der Waals surface area contributed by atoms with E-state index in [-0.39, 0.29) is 0 Å². The molecule has 0 aromatic carbocycles. The van der Waals surface area contributed by atoms with Crippen molar-refractivity contribution in [1.29, 1.82) is 0 Å². The largest absolute Gasteiger partial charge is 0.447 e. The predicted octanol–water partition coefficient (Wildman–Crippen LogP) is 3.28. The van der Waals surface area contributed by atoms with Gasteiger partial charge in [-0.2, -0.15) is 4.98 Å². The summed E-state index contributed by atoms with van der Waals surface area (Å²) in [5.74, 6) is 2.95. The lowest BCUT2D eigenvalue weighted by Gasteiger charge is -2.19. The van der Waals surface area contributed by atoms with Crippen LogP contribution < -0.4 is 0 Å². The Kier molecular flexibility index (Phi) is 3.47. The van der Waals surface area contributed by atoms with Crippen LogP contribution in [0.1, 0.15) is 61.9 Å². The summed E-state index contributed by atoms with van der Waals surface area (Å²) in [7, 11) is 0. The molecule has 2 aromatic rings. The molecule has 21 heavy (non-hydrogen) atoms. The maximum atomic E-state index is 5.60. The number of nitrogens with zero attached hydrogens (tertiary/aromatic N) is 3. The molecule has 2 aromatic heterocycles. The fraction of sp³-hybridized carbons (Fsp3) is 0.667. The smallest absolute Gasteiger partial charge is 0.280 e. The van der Waals surface area contributed by atoms with Gasteiger partial charge in [0.15, 0.2) is 17.9 Å². The molecule has 1 aliphatic carbocycles. The Bertz CT molecular complexity index is 595. The summed E-state index contributed by atoms with van der Waals surface area (Å²) in [4.78, 5) is 8.86. The summed E-state index contributed by atoms with van der Waals surface area (Å²) in [6, 6.07) is 0. The highest BCUT2D eigenvalue weighted by Crippen LogP contribution is 2.36. The molecule has 2 aliphatic rings. The molecule has 1 saturated heterocycles. The molecule has 3 heterocycles. The number of hydrogen-bond donors (Lipinski definition) is 0. The second-order valence-electron chi connectivity index (χ2n) is 5.89. The molecule has 4 rings (SSSR count). The summed E-state index contributed by atoms with van der Waals surface area (Å²) in [5.41, 5.74) is 0.707. The summed E-state index contributed by atoms with van der Waals surface area (Å²) < 4.78 is 16.4. The molecule has 0 bridgehead atoms. The molecule has 1 saturated carbocycles. The minimum atomic E-state index is 0.332. The molecule has 6 heteroatoms. The van der Waals surface area contributed by atoms with Crippen LogP contribution in [0.25, 0.3) is 11.6 Å². The van der Waals surface area contributed by atoms with Crippen LogP contribution >= 0.6 is 0 Å². The SMILES string of the molecule is c1nc(-c2nc(C3CCCC3)no2)c(C2CCOCC2)o1. The van der Waals surface area contributed by atoms with Gasteiger partial charge in [-0.15, -0.1) is 0 Å². The topological polar surface area (TPSA) is 74.2 Å². The van der Waals surface area contributed by atoms with Crippen molar-refractivity contribution in [2.24, 2.45) is 0 Å². The van der Waals surface area contributed by atoms with Crippen molar-refractivity contribution < 1.29 is 13.7 Å². The van der Waals surface area contributed by atoms with Gasteiger partial charge >= 0.3 is 0 Å². The zero-order valence-electron chi connectivity index (χ0n) is 12.0. The average Bonchev–Trinajstić information content (AvgIpc) is 3.27. The molecule has 0 radical (unpaired) electrons. The predicted molar refractivity (Wildman–Crippen MR) is 73.8 cm³/mol. The molecule has 2 fully saturated rings. The summed E-state index contributed by atoms with van der Waals surface area (Å²) in [6.45, 7) is 1.53. The number of hydrogen-bond acceptors (Lipinski definition) is 6. The third-order valence-corrected chi connectivity index (χ3v) is 4.55. The maximum Gasteiger partial charge on any atom is 0.280 e. The van der Waals surface area contributed by atoms with Crippen molar-refractivity contribution >= 4 is 0 Å². The van der Waals surface area contributed by atoms with Crippen molar-refractivity contribution in [2.45, 2.75) is 50.4 Å². The van der Waals surface area contributed by atoms with Gasteiger partial charge in [0.05, 0.1) is 0 Å². The molecule has 6 nitrogen and oxygen atoms in total. The first-order chi connectivity index (χ1) is 10.4. The quantitative estimate of drug-likeness (QED) is 0.863. The molecular weight excluding hydrogens is 270 g/mol. The Balaban J connectivity index is 1.60. The van der Waals surface area contributed by atoms with Gasteiger partial charge in [-0.25, -0.2) is 4.98 Å². The van der Waals surface area contributed by atoms with Crippen LogP contribution in [0.3, 0.4) is 0 Å². The van der Waals surface area contributed by atoms with Gasteiger partial charge < -0.3 is 13.7 Å². The summed E-state index contributed by atoms with van der Waals surface area (Å²) in [5, 5.41) is 4.15. The first-order valence-electron chi connectivity index (χ1n) is 7.77. The highest BCUT2D eigenvalue weighted by Gasteiger charge is 2.28. The zero-order valence-corrected chi connectivity index (χ0v) is 12.0. The van der Waals surface area contributed by atoms with E-state index in [9.17, 15) is 0 Å². The summed E-state index contributed by atoms with van der Waals surface area (Å²) >= 11 is 0. The van der Waals surface area contributed by atoms with E-state index in [1.54, 1.807) is 0 Å². The fourth-order valence-corrected chi connectivity index (χ4v) is 3.35. The van der Waals surface area contributed by atoms with Gasteiger partial charge in [0.1, 0.15) is 5.76 Å². The van der Waals surface area contributed by atoms with Gasteiger partial charge in [-0.3, -0.25) is 0 Å². The van der Waals surface area contributed by atoms with E-state index in [4.69, 9.17) is 13.7 Å². The number of ether oxygens (including phenoxy) is 1. The van der Waals surface area contributed by atoms with E-state index in [0.29, 0.717) is 23.4 Å². The van der Waals surface area contributed by atoms with Gasteiger partial charge in [-0.05, 0) is 25.7 Å². The molecular formula is C15H19N3O3. The number of oxazole rings is 1. The number of rotatable bonds is 3. The van der Waals surface area contributed by atoms with Gasteiger partial charge in [0.2, 0.25) is 0 Å². The monoisotopic (exact) mass is 289 g/mol. The Morgan fingerprint density at radius 1 is 1.00 bits per heavy atom. The van der Waals surface area contributed by atoms with Gasteiger partial charge in [0, 0.05) is 25.0 Å². The normalized spacial score (nSPS) is 21.1. The molecule has 112 valence electrons. The minimum Gasteiger partial charge on any atom is -0.447 e. The van der Waals surface area contributed by atoms with Crippen molar-refractivity contribution in [3.05, 3.63) is 18.0 Å². The van der Waals surface area contributed by atoms with E-state index >= 15 is 0 Å². The minimum absolute atomic E-state index is 0.332. The first kappa shape index (κ1) is 13.0. The van der Waals surface area contributed by atoms with Crippen LogP contribution in [0.2, 0.25) is 0 Å². The Morgan fingerprint density at radius 2 is 1.81 bits per heavy atom. The Labute approximate surface area is 122 Å². The molecule has 0 N–H and O–H groups in total. The van der Waals surface area contributed by atoms with E-state index in [2.05, 4.69) is 15.1 Å². The standard InChI is InChI=1S/C15H19N3O3/c1-2-4-11(3-1)14-17-15(21-18-14)12-13(20-9-16-12)10-5-7-19-8-6-10/h9-11H,1-8H2. The molecule has 0 unspecified atom stereocenters. The fourth-order valence-electron chi connectivity index (χ4n) is 3.35. The van der Waals surface area contributed by atoms with Crippen LogP contribution in [0, 0.1) is 0 Å². The third-order valence-electron chi connectivity index (χ3n) is 4.55. The van der Waals surface area contributed by atoms with Crippen molar-refractivity contribution in [2.75, 3.05) is 13.2 Å². The molecule has 0 spiro atoms. The number of aromatic nitrogens is 3. The van der Waals surface area contributed by atoms with Crippen molar-refractivity contribution in [3.63, 3.8) is 0 Å². The van der Waals surface area contributed by atoms with Gasteiger partial charge in [0.25, 0.3) is 5.89 Å². The van der Waals surface area contributed by atoms with E-state index in [1.165, 1.54) is 19.2 Å². The van der Waals surface area contributed by atoms with E-state index < -0.39 is 0 Å². The maximum absolute atomic E-state index is 5.60. The lowest BCUT2D eigenvalue weighted by atomic mass is 9.96. The second-order valence-corrected chi connectivity index (χ2v) is 5.89. The third kappa shape index (κ3) is 2.48. The molecule has 0 amide bonds. The first-order valence-corrected chi connectivity index (χ1v) is 7.77. The Morgan fingerprint density at radius 3 is 2.62 bits per heavy atom. The van der Waals surface area contributed by atoms with Crippen LogP contribution in [0.15, 0.2) is 15.3 Å². The zero-order chi connectivity index (χ0) is 14.1. The second kappa shape index (κ2) is 5.60. The van der Waals surface area contributed by atoms with Crippen LogP contribution in [0.4, 0.5) is 0 Å². The highest BCUT2D eigenvalue weighted by atomic mass is 16.5. The van der Waals surface area contributed by atoms with Crippen molar-refractivity contribution in [1.82, 2.24) is 15.1 Å². The molecule has 1 aliphatic heterocycles. The van der Waals surface area contributed by atoms with Crippen LogP contribution in [-0.2, 0) is 4.74 Å². The van der Waals surface area contributed by atoms with Crippen LogP contribution in [0.5, 0.6) is 0 Å². The van der Waals surface area contributed by atoms with E-state index in [0.717, 1.165) is 50.5 Å². The van der Waals surface area contributed by atoms with Gasteiger partial charge in [-0.1, -0.05) is 18.0 Å². The van der Waals surface area contributed by atoms with E-state index in [1.807, 2.05) is 0 Å².